The van der Waals surface area contributed by atoms with Gasteiger partial charge in [-0.25, -0.2) is 28.8 Å². The molecule has 1 aromatic heterocycles. The van der Waals surface area contributed by atoms with E-state index in [2.05, 4.69) is 39.5 Å². The van der Waals surface area contributed by atoms with Crippen molar-refractivity contribution in [2.45, 2.75) is 59.3 Å². The number of carbonyl (C=O) groups is 6. The minimum atomic E-state index is -0.623. The highest BCUT2D eigenvalue weighted by molar-refractivity contribution is 5.87. The highest BCUT2D eigenvalue weighted by Gasteiger charge is 2.22. The molecule has 1 rings (SSSR count). The second kappa shape index (κ2) is 29.8. The first-order valence-electron chi connectivity index (χ1n) is 19.5. The Labute approximate surface area is 352 Å². The Morgan fingerprint density at radius 3 is 0.883 bits per heavy atom. The monoisotopic (exact) mass is 840 g/mol. The van der Waals surface area contributed by atoms with Gasteiger partial charge in [-0.15, -0.1) is 0 Å². The van der Waals surface area contributed by atoms with Crippen LogP contribution in [0.4, 0.5) is 17.8 Å². The Kier molecular flexibility index (Phi) is 25.7. The van der Waals surface area contributed by atoms with Gasteiger partial charge in [0.25, 0.3) is 0 Å². The molecule has 0 atom stereocenters. The van der Waals surface area contributed by atoms with E-state index < -0.39 is 35.8 Å². The van der Waals surface area contributed by atoms with E-state index in [0.29, 0.717) is 58.2 Å². The van der Waals surface area contributed by atoms with Crippen molar-refractivity contribution in [3.8, 4) is 0 Å². The van der Waals surface area contributed by atoms with Gasteiger partial charge in [0.05, 0.1) is 39.5 Å². The van der Waals surface area contributed by atoms with Gasteiger partial charge in [0.2, 0.25) is 17.8 Å². The Bertz CT molecular complexity index is 1480. The summed E-state index contributed by atoms with van der Waals surface area (Å²) < 4.78 is 31.7. The van der Waals surface area contributed by atoms with Crippen LogP contribution in [0.2, 0.25) is 0 Å². The molecule has 0 aliphatic heterocycles. The fourth-order valence-corrected chi connectivity index (χ4v) is 4.73. The maximum absolute atomic E-state index is 12.0. The molecule has 18 heteroatoms. The Balaban J connectivity index is 3.73. The predicted molar refractivity (Wildman–Crippen MR) is 225 cm³/mol. The van der Waals surface area contributed by atoms with E-state index in [9.17, 15) is 28.8 Å². The molecule has 0 aromatic carbocycles. The van der Waals surface area contributed by atoms with Crippen LogP contribution in [0, 0.1) is 0 Å². The summed E-state index contributed by atoms with van der Waals surface area (Å²) in [7, 11) is 0. The number of carbonyl (C=O) groups excluding carboxylic acids is 6. The fourth-order valence-electron chi connectivity index (χ4n) is 4.73. The number of aromatic nitrogens is 3. The van der Waals surface area contributed by atoms with Crippen molar-refractivity contribution in [2.75, 3.05) is 93.6 Å². The van der Waals surface area contributed by atoms with E-state index in [1.807, 2.05) is 0 Å². The van der Waals surface area contributed by atoms with Crippen LogP contribution in [0.5, 0.6) is 0 Å². The molecule has 0 radical (unpaired) electrons. The third kappa shape index (κ3) is 22.0. The average Bonchev–Trinajstić information content (AvgIpc) is 3.22. The average molecular weight is 841 g/mol. The number of ether oxygens (including phenoxy) is 6. The molecule has 60 heavy (non-hydrogen) atoms. The van der Waals surface area contributed by atoms with Crippen LogP contribution in [0.1, 0.15) is 59.3 Å². The van der Waals surface area contributed by atoms with Gasteiger partial charge in [0.15, 0.2) is 0 Å². The zero-order chi connectivity index (χ0) is 44.9. The van der Waals surface area contributed by atoms with Gasteiger partial charge in [0.1, 0.15) is 19.8 Å². The maximum Gasteiger partial charge on any atom is 0.333 e. The summed E-state index contributed by atoms with van der Waals surface area (Å²) in [6.07, 6.45) is 6.07. The molecule has 0 bridgehead atoms. The summed E-state index contributed by atoms with van der Waals surface area (Å²) in [6.45, 7) is 27.5. The van der Waals surface area contributed by atoms with Crippen molar-refractivity contribution < 1.29 is 57.2 Å². The van der Waals surface area contributed by atoms with E-state index >= 15 is 0 Å². The van der Waals surface area contributed by atoms with Crippen LogP contribution in [0.15, 0.2) is 74.4 Å². The van der Waals surface area contributed by atoms with Crippen LogP contribution < -0.4 is 14.7 Å². The zero-order valence-electron chi connectivity index (χ0n) is 35.3. The highest BCUT2D eigenvalue weighted by atomic mass is 16.6. The number of rotatable bonds is 33. The van der Waals surface area contributed by atoms with E-state index in [-0.39, 0.29) is 93.8 Å². The van der Waals surface area contributed by atoms with Crippen molar-refractivity contribution >= 4 is 53.7 Å². The van der Waals surface area contributed by atoms with Gasteiger partial charge in [-0.1, -0.05) is 39.5 Å². The number of hydrogen-bond acceptors (Lipinski definition) is 18. The number of unbranched alkanes of at least 4 members (excludes halogenated alkanes) is 3. The molecule has 0 aliphatic carbocycles. The quantitative estimate of drug-likeness (QED) is 0.0421. The SMILES string of the molecule is C=CC(=O)OCCN(CCCCOC(=O)C(=C)C)c1nc(N(CCCCOC(=O)C(=C)C)CCOC(=O)C=C)nc(N(CCCCOC(=O)C(=C)C)CCOC(=O)C=C)n1. The van der Waals surface area contributed by atoms with Crippen molar-refractivity contribution in [3.63, 3.8) is 0 Å². The van der Waals surface area contributed by atoms with Gasteiger partial charge in [-0.2, -0.15) is 15.0 Å². The van der Waals surface area contributed by atoms with Crippen LogP contribution in [-0.4, -0.2) is 130 Å². The van der Waals surface area contributed by atoms with Crippen molar-refractivity contribution in [3.05, 3.63) is 74.4 Å². The van der Waals surface area contributed by atoms with Crippen LogP contribution in [-0.2, 0) is 57.2 Å². The summed E-state index contributed by atoms with van der Waals surface area (Å²) in [5, 5.41) is 0. The lowest BCUT2D eigenvalue weighted by atomic mass is 10.3. The molecular formula is C42H60N6O12. The maximum atomic E-state index is 12.0. The first-order chi connectivity index (χ1) is 28.6. The number of hydrogen-bond donors (Lipinski definition) is 0. The topological polar surface area (TPSA) is 206 Å². The second-order valence-electron chi connectivity index (χ2n) is 13.2. The smallest absolute Gasteiger partial charge is 0.333 e. The van der Waals surface area contributed by atoms with E-state index in [1.165, 1.54) is 0 Å². The highest BCUT2D eigenvalue weighted by Crippen LogP contribution is 2.21. The Hall–Kier alpha value is -6.33. The first kappa shape index (κ1) is 51.7. The number of nitrogens with zero attached hydrogens (tertiary/aromatic N) is 6. The van der Waals surface area contributed by atoms with E-state index in [4.69, 9.17) is 43.4 Å². The molecular weight excluding hydrogens is 780 g/mol. The molecule has 0 saturated carbocycles. The minimum Gasteiger partial charge on any atom is -0.462 e. The summed E-state index contributed by atoms with van der Waals surface area (Å²) in [5.41, 5.74) is 0.831. The van der Waals surface area contributed by atoms with Gasteiger partial charge >= 0.3 is 35.8 Å². The molecule has 0 fully saturated rings. The molecule has 18 nitrogen and oxygen atoms in total. The molecule has 0 N–H and O–H groups in total. The van der Waals surface area contributed by atoms with Gasteiger partial charge in [0, 0.05) is 54.6 Å². The molecule has 0 saturated heterocycles. The zero-order valence-corrected chi connectivity index (χ0v) is 35.3. The molecule has 0 unspecified atom stereocenters. The van der Waals surface area contributed by atoms with E-state index in [1.54, 1.807) is 35.5 Å². The summed E-state index contributed by atoms with van der Waals surface area (Å²) in [4.78, 5) is 91.7. The molecule has 0 aliphatic rings. The summed E-state index contributed by atoms with van der Waals surface area (Å²) >= 11 is 0. The van der Waals surface area contributed by atoms with Crippen molar-refractivity contribution in [1.82, 2.24) is 15.0 Å². The summed E-state index contributed by atoms with van der Waals surface area (Å²) in [6, 6.07) is 0. The molecule has 330 valence electrons. The Morgan fingerprint density at radius 2 is 0.667 bits per heavy atom. The van der Waals surface area contributed by atoms with Crippen LogP contribution >= 0.6 is 0 Å². The second-order valence-corrected chi connectivity index (χ2v) is 13.2. The minimum absolute atomic E-state index is 0.0555. The normalized spacial score (nSPS) is 10.2. The van der Waals surface area contributed by atoms with Gasteiger partial charge < -0.3 is 43.1 Å². The fraction of sp³-hybridized carbons (Fsp3) is 0.500. The lowest BCUT2D eigenvalue weighted by molar-refractivity contribution is -0.139. The number of anilines is 3. The third-order valence-corrected chi connectivity index (χ3v) is 7.98. The van der Waals surface area contributed by atoms with E-state index in [0.717, 1.165) is 18.2 Å². The van der Waals surface area contributed by atoms with Crippen LogP contribution in [0.25, 0.3) is 0 Å². The lowest BCUT2D eigenvalue weighted by Crippen LogP contribution is -2.37. The van der Waals surface area contributed by atoms with Crippen LogP contribution in [0.3, 0.4) is 0 Å². The summed E-state index contributed by atoms with van der Waals surface area (Å²) in [5.74, 6) is -2.81. The molecule has 0 amide bonds. The predicted octanol–water partition coefficient (Wildman–Crippen LogP) is 4.18. The van der Waals surface area contributed by atoms with Crippen molar-refractivity contribution in [2.24, 2.45) is 0 Å². The molecule has 0 spiro atoms. The first-order valence-corrected chi connectivity index (χ1v) is 19.5. The van der Waals surface area contributed by atoms with Gasteiger partial charge in [-0.3, -0.25) is 0 Å². The molecule has 1 aromatic rings. The Morgan fingerprint density at radius 1 is 0.417 bits per heavy atom. The largest absolute Gasteiger partial charge is 0.462 e. The third-order valence-electron chi connectivity index (χ3n) is 7.98. The molecule has 1 heterocycles. The lowest BCUT2D eigenvalue weighted by Gasteiger charge is -2.29. The standard InChI is InChI=1S/C42H60N6O12/c1-10-34(49)55-28-22-46(19-13-16-25-58-37(52)31(4)5)40-43-41(47(23-29-56-35(50)11-2)20-14-17-26-59-38(53)32(6)7)45-42(44-40)48(24-30-57-36(51)12-3)21-15-18-27-60-39(54)33(8)9/h10-12H,1-4,6,8,13-30H2,5,7,9H3. The number of esters is 6. The van der Waals surface area contributed by atoms with Crippen molar-refractivity contribution in [1.29, 1.82) is 0 Å². The van der Waals surface area contributed by atoms with Gasteiger partial charge in [-0.05, 0) is 59.3 Å².